The molecule has 1 atom stereocenters. The number of amides is 1. The summed E-state index contributed by atoms with van der Waals surface area (Å²) in [6.07, 6.45) is -1.04. The van der Waals surface area contributed by atoms with Crippen molar-refractivity contribution < 1.29 is 27.5 Å². The van der Waals surface area contributed by atoms with Crippen LogP contribution in [-0.2, 0) is 24.3 Å². The lowest BCUT2D eigenvalue weighted by Crippen LogP contribution is -2.36. The molecule has 0 aliphatic carbocycles. The molecule has 9 nitrogen and oxygen atoms in total. The summed E-state index contributed by atoms with van der Waals surface area (Å²) in [5, 5.41) is 2.74. The van der Waals surface area contributed by atoms with Crippen LogP contribution in [0.1, 0.15) is 17.3 Å². The molecule has 37 heavy (non-hydrogen) atoms. The van der Waals surface area contributed by atoms with Gasteiger partial charge in [-0.25, -0.2) is 13.2 Å². The van der Waals surface area contributed by atoms with Crippen LogP contribution in [0.15, 0.2) is 82.2 Å². The first-order valence-corrected chi connectivity index (χ1v) is 13.8. The Morgan fingerprint density at radius 2 is 1.51 bits per heavy atom. The molecule has 1 heterocycles. The summed E-state index contributed by atoms with van der Waals surface area (Å²) in [4.78, 5) is 27.4. The maximum Gasteiger partial charge on any atom is 0.338 e. The number of nitrogens with one attached hydrogen (secondary N) is 2. The van der Waals surface area contributed by atoms with E-state index in [9.17, 15) is 18.0 Å². The van der Waals surface area contributed by atoms with Crippen LogP contribution in [0.2, 0.25) is 0 Å². The van der Waals surface area contributed by atoms with Crippen molar-refractivity contribution in [2.75, 3.05) is 41.2 Å². The summed E-state index contributed by atoms with van der Waals surface area (Å²) < 4.78 is 38.9. The number of anilines is 3. The second-order valence-corrected chi connectivity index (χ2v) is 10.9. The molecule has 2 N–H and O–H groups in total. The molecule has 1 unspecified atom stereocenters. The summed E-state index contributed by atoms with van der Waals surface area (Å²) >= 11 is 3.27. The summed E-state index contributed by atoms with van der Waals surface area (Å²) in [5.74, 6) is -1.17. The second kappa shape index (κ2) is 11.8. The van der Waals surface area contributed by atoms with Gasteiger partial charge in [0.1, 0.15) is 0 Å². The maximum absolute atomic E-state index is 12.5. The SMILES string of the molecule is CC(OC(=O)c1ccc(NS(=O)(=O)c2ccc(Br)cc2)cc1)C(=O)Nc1ccc(N2CCOCC2)cc1. The lowest BCUT2D eigenvalue weighted by atomic mass is 10.2. The minimum Gasteiger partial charge on any atom is -0.449 e. The number of esters is 1. The monoisotopic (exact) mass is 587 g/mol. The van der Waals surface area contributed by atoms with Crippen LogP contribution in [0, 0.1) is 0 Å². The Balaban J connectivity index is 1.30. The van der Waals surface area contributed by atoms with E-state index in [1.165, 1.54) is 43.3 Å². The highest BCUT2D eigenvalue weighted by Crippen LogP contribution is 2.21. The molecule has 1 amide bonds. The zero-order valence-electron chi connectivity index (χ0n) is 20.0. The molecule has 3 aromatic rings. The zero-order chi connectivity index (χ0) is 26.4. The van der Waals surface area contributed by atoms with E-state index in [-0.39, 0.29) is 16.1 Å². The Labute approximate surface area is 223 Å². The molecule has 3 aromatic carbocycles. The fraction of sp³-hybridized carbons (Fsp3) is 0.231. The third kappa shape index (κ3) is 7.09. The van der Waals surface area contributed by atoms with Gasteiger partial charge in [0.2, 0.25) is 0 Å². The van der Waals surface area contributed by atoms with Crippen LogP contribution in [0.3, 0.4) is 0 Å². The molecule has 1 aliphatic rings. The number of ether oxygens (including phenoxy) is 2. The molecule has 0 bridgehead atoms. The Bertz CT molecular complexity index is 1340. The van der Waals surface area contributed by atoms with Gasteiger partial charge in [0.25, 0.3) is 15.9 Å². The van der Waals surface area contributed by atoms with Crippen LogP contribution < -0.4 is 14.9 Å². The highest BCUT2D eigenvalue weighted by Gasteiger charge is 2.20. The molecule has 0 spiro atoms. The van der Waals surface area contributed by atoms with Gasteiger partial charge in [0.15, 0.2) is 6.10 Å². The van der Waals surface area contributed by atoms with Crippen molar-refractivity contribution in [3.63, 3.8) is 0 Å². The maximum atomic E-state index is 12.5. The summed E-state index contributed by atoms with van der Waals surface area (Å²) in [6, 6.07) is 19.4. The number of morpholine rings is 1. The van der Waals surface area contributed by atoms with Crippen molar-refractivity contribution in [3.05, 3.63) is 82.8 Å². The van der Waals surface area contributed by atoms with Gasteiger partial charge < -0.3 is 19.7 Å². The summed E-state index contributed by atoms with van der Waals surface area (Å²) in [5.41, 5.74) is 2.10. The third-order valence-corrected chi connectivity index (χ3v) is 7.59. The van der Waals surface area contributed by atoms with Crippen LogP contribution in [0.4, 0.5) is 17.1 Å². The quantitative estimate of drug-likeness (QED) is 0.378. The van der Waals surface area contributed by atoms with Gasteiger partial charge in [-0.1, -0.05) is 15.9 Å². The standard InChI is InChI=1S/C26H26BrN3O6S/c1-18(25(31)28-21-8-10-23(11-9-21)30-14-16-35-17-15-30)36-26(32)19-2-6-22(7-3-19)29-37(33,34)24-12-4-20(27)5-13-24/h2-13,18,29H,14-17H2,1H3,(H,28,31). The fourth-order valence-corrected chi connectivity index (χ4v) is 4.93. The van der Waals surface area contributed by atoms with Crippen LogP contribution in [0.5, 0.6) is 0 Å². The Kier molecular flexibility index (Phi) is 8.47. The number of rotatable bonds is 8. The summed E-state index contributed by atoms with van der Waals surface area (Å²) in [6.45, 7) is 4.49. The first-order valence-electron chi connectivity index (χ1n) is 11.5. The minimum absolute atomic E-state index is 0.106. The van der Waals surface area contributed by atoms with E-state index in [1.54, 1.807) is 24.3 Å². The first-order chi connectivity index (χ1) is 17.7. The van der Waals surface area contributed by atoms with Gasteiger partial charge in [-0.05, 0) is 79.7 Å². The fourth-order valence-electron chi connectivity index (χ4n) is 3.61. The van der Waals surface area contributed by atoms with Crippen LogP contribution in [-0.4, -0.2) is 52.7 Å². The average molecular weight is 588 g/mol. The highest BCUT2D eigenvalue weighted by molar-refractivity contribution is 9.10. The normalized spacial score (nSPS) is 14.5. The topological polar surface area (TPSA) is 114 Å². The second-order valence-electron chi connectivity index (χ2n) is 8.32. The van der Waals surface area contributed by atoms with E-state index in [0.29, 0.717) is 18.9 Å². The Hall–Kier alpha value is -3.41. The number of hydrogen-bond donors (Lipinski definition) is 2. The van der Waals surface area contributed by atoms with E-state index in [1.807, 2.05) is 12.1 Å². The number of hydrogen-bond acceptors (Lipinski definition) is 7. The van der Waals surface area contributed by atoms with Crippen molar-refractivity contribution in [1.82, 2.24) is 0 Å². The molecular weight excluding hydrogens is 562 g/mol. The molecule has 0 radical (unpaired) electrons. The molecule has 1 aliphatic heterocycles. The number of carbonyl (C=O) groups excluding carboxylic acids is 2. The lowest BCUT2D eigenvalue weighted by molar-refractivity contribution is -0.123. The molecular formula is C26H26BrN3O6S. The molecule has 11 heteroatoms. The molecule has 194 valence electrons. The highest BCUT2D eigenvalue weighted by atomic mass is 79.9. The van der Waals surface area contributed by atoms with Gasteiger partial charge >= 0.3 is 5.97 Å². The zero-order valence-corrected chi connectivity index (χ0v) is 22.4. The van der Waals surface area contributed by atoms with Crippen molar-refractivity contribution in [3.8, 4) is 0 Å². The number of nitrogens with zero attached hydrogens (tertiary/aromatic N) is 1. The van der Waals surface area contributed by atoms with Crippen molar-refractivity contribution in [2.24, 2.45) is 0 Å². The van der Waals surface area contributed by atoms with Crippen molar-refractivity contribution in [2.45, 2.75) is 17.9 Å². The van der Waals surface area contributed by atoms with E-state index >= 15 is 0 Å². The van der Waals surface area contributed by atoms with Crippen LogP contribution >= 0.6 is 15.9 Å². The van der Waals surface area contributed by atoms with Gasteiger partial charge in [-0.15, -0.1) is 0 Å². The number of sulfonamides is 1. The van der Waals surface area contributed by atoms with Gasteiger partial charge in [0, 0.05) is 34.6 Å². The number of carbonyl (C=O) groups is 2. The average Bonchev–Trinajstić information content (AvgIpc) is 2.90. The Morgan fingerprint density at radius 1 is 0.919 bits per heavy atom. The van der Waals surface area contributed by atoms with Gasteiger partial charge in [-0.3, -0.25) is 9.52 Å². The van der Waals surface area contributed by atoms with Crippen LogP contribution in [0.25, 0.3) is 0 Å². The van der Waals surface area contributed by atoms with Crippen molar-refractivity contribution in [1.29, 1.82) is 0 Å². The number of halogens is 1. The first kappa shape index (κ1) is 26.6. The third-order valence-electron chi connectivity index (χ3n) is 5.66. The van der Waals surface area contributed by atoms with Crippen molar-refractivity contribution >= 4 is 54.9 Å². The Morgan fingerprint density at radius 3 is 2.14 bits per heavy atom. The molecule has 0 saturated carbocycles. The predicted molar refractivity (Wildman–Crippen MR) is 144 cm³/mol. The lowest BCUT2D eigenvalue weighted by Gasteiger charge is -2.28. The molecule has 1 fully saturated rings. The minimum atomic E-state index is -3.78. The smallest absolute Gasteiger partial charge is 0.338 e. The van der Waals surface area contributed by atoms with E-state index in [4.69, 9.17) is 9.47 Å². The molecule has 0 aromatic heterocycles. The summed E-state index contributed by atoms with van der Waals surface area (Å²) in [7, 11) is -3.78. The molecule has 1 saturated heterocycles. The largest absolute Gasteiger partial charge is 0.449 e. The van der Waals surface area contributed by atoms with Gasteiger partial charge in [0.05, 0.1) is 23.7 Å². The van der Waals surface area contributed by atoms with E-state index < -0.39 is 28.0 Å². The number of benzene rings is 3. The molecule has 4 rings (SSSR count). The van der Waals surface area contributed by atoms with E-state index in [0.717, 1.165) is 23.2 Å². The predicted octanol–water partition coefficient (Wildman–Crippen LogP) is 4.27. The van der Waals surface area contributed by atoms with E-state index in [2.05, 4.69) is 30.9 Å². The van der Waals surface area contributed by atoms with Gasteiger partial charge in [-0.2, -0.15) is 0 Å².